The lowest BCUT2D eigenvalue weighted by Gasteiger charge is -2.11. The third kappa shape index (κ3) is 3.38. The summed E-state index contributed by atoms with van der Waals surface area (Å²) in [4.78, 5) is 21.7. The van der Waals surface area contributed by atoms with Crippen molar-refractivity contribution in [1.82, 2.24) is 15.3 Å². The predicted octanol–water partition coefficient (Wildman–Crippen LogP) is 4.41. The number of carbonyl (C=O) groups excluding carboxylic acids is 1. The van der Waals surface area contributed by atoms with Crippen LogP contribution in [0.4, 0.5) is 0 Å². The number of benzene rings is 1. The van der Waals surface area contributed by atoms with Crippen LogP contribution in [0.15, 0.2) is 57.5 Å². The number of rotatable bonds is 5. The molecule has 0 saturated carbocycles. The summed E-state index contributed by atoms with van der Waals surface area (Å²) in [7, 11) is 0. The Morgan fingerprint density at radius 2 is 2.20 bits per heavy atom. The van der Waals surface area contributed by atoms with Crippen LogP contribution in [0.3, 0.4) is 0 Å². The number of hydrogen-bond acceptors (Lipinski definition) is 6. The number of thiophene rings is 1. The van der Waals surface area contributed by atoms with Gasteiger partial charge in [0, 0.05) is 10.8 Å². The van der Waals surface area contributed by atoms with Crippen LogP contribution in [0, 0.1) is 0 Å². The fourth-order valence-electron chi connectivity index (χ4n) is 2.59. The van der Waals surface area contributed by atoms with E-state index in [9.17, 15) is 4.79 Å². The third-order valence-corrected chi connectivity index (χ3v) is 5.64. The van der Waals surface area contributed by atoms with Crippen molar-refractivity contribution in [3.8, 4) is 0 Å². The molecule has 0 fully saturated rings. The monoisotopic (exact) mass is 369 g/mol. The molecule has 3 aromatic heterocycles. The minimum absolute atomic E-state index is 0.0556. The summed E-state index contributed by atoms with van der Waals surface area (Å²) in [5.74, 6) is 0.994. The lowest BCUT2D eigenvalue weighted by Crippen LogP contribution is -2.27. The van der Waals surface area contributed by atoms with E-state index in [4.69, 9.17) is 4.42 Å². The quantitative estimate of drug-likeness (QED) is 0.417. The van der Waals surface area contributed by atoms with Gasteiger partial charge in [-0.2, -0.15) is 0 Å². The van der Waals surface area contributed by atoms with Gasteiger partial charge in [-0.1, -0.05) is 30.0 Å². The van der Waals surface area contributed by atoms with Crippen molar-refractivity contribution in [2.24, 2.45) is 0 Å². The van der Waals surface area contributed by atoms with E-state index in [0.717, 1.165) is 32.0 Å². The van der Waals surface area contributed by atoms with Crippen LogP contribution in [0.1, 0.15) is 18.7 Å². The first-order valence-electron chi connectivity index (χ1n) is 7.79. The SMILES string of the molecule is C[C@H](NC(=O)CSc1ncnc2sccc12)c1cc2ccccc2o1. The van der Waals surface area contributed by atoms with E-state index >= 15 is 0 Å². The standard InChI is InChI=1S/C18H15N3O2S2/c1-11(15-8-12-4-2-3-5-14(12)23-15)21-16(22)9-25-18-13-6-7-24-17(13)19-10-20-18/h2-8,10-11H,9H2,1H3,(H,21,22)/t11-/m0/s1. The summed E-state index contributed by atoms with van der Waals surface area (Å²) in [6.07, 6.45) is 1.54. The van der Waals surface area contributed by atoms with E-state index in [0.29, 0.717) is 5.75 Å². The maximum Gasteiger partial charge on any atom is 0.230 e. The summed E-state index contributed by atoms with van der Waals surface area (Å²) in [5, 5.41) is 7.82. The van der Waals surface area contributed by atoms with Crippen molar-refractivity contribution >= 4 is 50.2 Å². The van der Waals surface area contributed by atoms with Gasteiger partial charge in [-0.05, 0) is 30.5 Å². The first-order valence-corrected chi connectivity index (χ1v) is 9.66. The van der Waals surface area contributed by atoms with Gasteiger partial charge in [0.15, 0.2) is 0 Å². The Morgan fingerprint density at radius 3 is 3.08 bits per heavy atom. The van der Waals surface area contributed by atoms with Crippen molar-refractivity contribution in [1.29, 1.82) is 0 Å². The van der Waals surface area contributed by atoms with Crippen molar-refractivity contribution in [3.05, 3.63) is 53.9 Å². The number of furan rings is 1. The van der Waals surface area contributed by atoms with E-state index in [-0.39, 0.29) is 11.9 Å². The van der Waals surface area contributed by atoms with Crippen molar-refractivity contribution < 1.29 is 9.21 Å². The van der Waals surface area contributed by atoms with Crippen molar-refractivity contribution in [3.63, 3.8) is 0 Å². The number of para-hydroxylation sites is 1. The topological polar surface area (TPSA) is 68.0 Å². The normalized spacial score (nSPS) is 12.5. The molecule has 0 aliphatic rings. The maximum absolute atomic E-state index is 12.3. The summed E-state index contributed by atoms with van der Waals surface area (Å²) in [6, 6.07) is 11.6. The zero-order valence-electron chi connectivity index (χ0n) is 13.4. The molecule has 1 amide bonds. The Hall–Kier alpha value is -2.38. The molecule has 0 saturated heterocycles. The Labute approximate surface area is 152 Å². The molecule has 0 radical (unpaired) electrons. The number of hydrogen-bond donors (Lipinski definition) is 1. The average molecular weight is 369 g/mol. The van der Waals surface area contributed by atoms with E-state index < -0.39 is 0 Å². The number of carbonyl (C=O) groups is 1. The Kier molecular flexibility index (Phi) is 4.42. The molecule has 0 unspecified atom stereocenters. The van der Waals surface area contributed by atoms with Gasteiger partial charge in [0.25, 0.3) is 0 Å². The maximum atomic E-state index is 12.3. The Balaban J connectivity index is 1.40. The molecule has 7 heteroatoms. The van der Waals surface area contributed by atoms with Gasteiger partial charge in [0.05, 0.1) is 11.8 Å². The van der Waals surface area contributed by atoms with Crippen LogP contribution in [0.25, 0.3) is 21.2 Å². The van der Waals surface area contributed by atoms with Crippen molar-refractivity contribution in [2.75, 3.05) is 5.75 Å². The van der Waals surface area contributed by atoms with Gasteiger partial charge in [-0.3, -0.25) is 4.79 Å². The Morgan fingerprint density at radius 1 is 1.32 bits per heavy atom. The van der Waals surface area contributed by atoms with E-state index in [1.807, 2.05) is 48.7 Å². The fourth-order valence-corrected chi connectivity index (χ4v) is 4.18. The molecule has 1 atom stereocenters. The van der Waals surface area contributed by atoms with Gasteiger partial charge in [0.1, 0.15) is 27.5 Å². The number of nitrogens with zero attached hydrogens (tertiary/aromatic N) is 2. The first kappa shape index (κ1) is 16.1. The van der Waals surface area contributed by atoms with Gasteiger partial charge < -0.3 is 9.73 Å². The van der Waals surface area contributed by atoms with Crippen LogP contribution in [0.2, 0.25) is 0 Å². The van der Waals surface area contributed by atoms with Crippen LogP contribution >= 0.6 is 23.1 Å². The minimum Gasteiger partial charge on any atom is -0.459 e. The lowest BCUT2D eigenvalue weighted by atomic mass is 10.2. The Bertz CT molecular complexity index is 1010. The molecule has 4 aromatic rings. The number of thioether (sulfide) groups is 1. The van der Waals surface area contributed by atoms with Gasteiger partial charge in [-0.25, -0.2) is 9.97 Å². The minimum atomic E-state index is -0.188. The first-order chi connectivity index (χ1) is 12.2. The van der Waals surface area contributed by atoms with Crippen LogP contribution in [0.5, 0.6) is 0 Å². The number of aromatic nitrogens is 2. The summed E-state index contributed by atoms with van der Waals surface area (Å²) >= 11 is 2.99. The molecule has 4 rings (SSSR count). The molecular weight excluding hydrogens is 354 g/mol. The zero-order valence-corrected chi connectivity index (χ0v) is 15.1. The second kappa shape index (κ2) is 6.85. The highest BCUT2D eigenvalue weighted by molar-refractivity contribution is 8.00. The third-order valence-electron chi connectivity index (χ3n) is 3.81. The molecule has 126 valence electrons. The van der Waals surface area contributed by atoms with E-state index in [2.05, 4.69) is 15.3 Å². The molecule has 5 nitrogen and oxygen atoms in total. The number of nitrogens with one attached hydrogen (secondary N) is 1. The van der Waals surface area contributed by atoms with Gasteiger partial charge in [-0.15, -0.1) is 11.3 Å². The average Bonchev–Trinajstić information content (AvgIpc) is 3.26. The smallest absolute Gasteiger partial charge is 0.230 e. The highest BCUT2D eigenvalue weighted by atomic mass is 32.2. The largest absolute Gasteiger partial charge is 0.459 e. The van der Waals surface area contributed by atoms with E-state index in [1.54, 1.807) is 11.3 Å². The summed E-state index contributed by atoms with van der Waals surface area (Å²) in [5.41, 5.74) is 0.828. The molecule has 1 aromatic carbocycles. The molecule has 0 spiro atoms. The highest BCUT2D eigenvalue weighted by Crippen LogP contribution is 2.28. The zero-order chi connectivity index (χ0) is 17.2. The van der Waals surface area contributed by atoms with Gasteiger partial charge in [0.2, 0.25) is 5.91 Å². The van der Waals surface area contributed by atoms with Crippen LogP contribution in [-0.2, 0) is 4.79 Å². The lowest BCUT2D eigenvalue weighted by molar-refractivity contribution is -0.119. The molecule has 3 heterocycles. The molecule has 0 aliphatic carbocycles. The van der Waals surface area contributed by atoms with Crippen LogP contribution in [-0.4, -0.2) is 21.6 Å². The number of amides is 1. The second-order valence-corrected chi connectivity index (χ2v) is 7.44. The van der Waals surface area contributed by atoms with Crippen molar-refractivity contribution in [2.45, 2.75) is 18.0 Å². The number of fused-ring (bicyclic) bond motifs is 2. The highest BCUT2D eigenvalue weighted by Gasteiger charge is 2.15. The molecule has 0 bridgehead atoms. The van der Waals surface area contributed by atoms with Crippen LogP contribution < -0.4 is 5.32 Å². The second-order valence-electron chi connectivity index (χ2n) is 5.58. The molecule has 1 N–H and O–H groups in total. The fraction of sp³-hybridized carbons (Fsp3) is 0.167. The predicted molar refractivity (Wildman–Crippen MR) is 101 cm³/mol. The molecule has 0 aliphatic heterocycles. The summed E-state index contributed by atoms with van der Waals surface area (Å²) < 4.78 is 5.80. The summed E-state index contributed by atoms with van der Waals surface area (Å²) in [6.45, 7) is 1.92. The molecule has 25 heavy (non-hydrogen) atoms. The van der Waals surface area contributed by atoms with E-state index in [1.165, 1.54) is 18.1 Å². The molecular formula is C18H15N3O2S2. The van der Waals surface area contributed by atoms with Gasteiger partial charge >= 0.3 is 0 Å².